The molecule has 14 nitrogen and oxygen atoms in total. The number of rotatable bonds is 43. The third kappa shape index (κ3) is 22.1. The second-order valence-corrected chi connectivity index (χ2v) is 31.8. The van der Waals surface area contributed by atoms with E-state index in [0.29, 0.717) is 25.7 Å². The lowest BCUT2D eigenvalue weighted by molar-refractivity contribution is -0.122. The molecule has 2 saturated heterocycles. The van der Waals surface area contributed by atoms with Gasteiger partial charge in [-0.1, -0.05) is 277 Å². The van der Waals surface area contributed by atoms with Gasteiger partial charge in [0.2, 0.25) is 23.6 Å². The van der Waals surface area contributed by atoms with Gasteiger partial charge in [0.1, 0.15) is 23.0 Å². The Balaban J connectivity index is 1.24. The minimum atomic E-state index is -1.65. The van der Waals surface area contributed by atoms with Crippen molar-refractivity contribution in [1.29, 1.82) is 0 Å². The minimum Gasteiger partial charge on any atom is -0.323 e. The molecular formula is C81H94Cl10N8O6. The maximum atomic E-state index is 16.9. The zero-order valence-corrected chi connectivity index (χ0v) is 67.3. The van der Waals surface area contributed by atoms with E-state index < -0.39 is 51.4 Å². The third-order valence-electron chi connectivity index (χ3n) is 19.4. The zero-order valence-electron chi connectivity index (χ0n) is 59.7. The van der Waals surface area contributed by atoms with Gasteiger partial charge in [0, 0.05) is 58.9 Å². The second-order valence-electron chi connectivity index (χ2n) is 27.2. The molecule has 2 aliphatic rings. The molecule has 0 saturated carbocycles. The van der Waals surface area contributed by atoms with Crippen LogP contribution in [-0.4, -0.2) is 67.0 Å². The molecule has 2 atom stereocenters. The number of halogens is 10. The molecule has 4 heterocycles. The normalized spacial score (nSPS) is 14.4. The van der Waals surface area contributed by atoms with Crippen LogP contribution in [0.2, 0.25) is 40.2 Å². The van der Waals surface area contributed by atoms with Gasteiger partial charge in [-0.2, -0.15) is 0 Å². The Morgan fingerprint density at radius 2 is 0.724 bits per heavy atom. The van der Waals surface area contributed by atoms with Crippen molar-refractivity contribution in [2.75, 3.05) is 32.7 Å². The molecule has 2 unspecified atom stereocenters. The van der Waals surface area contributed by atoms with Crippen molar-refractivity contribution in [2.24, 2.45) is 0 Å². The number of aromatic amines is 2. The molecule has 9 rings (SSSR count). The summed E-state index contributed by atoms with van der Waals surface area (Å²) in [5.74, 6) is -3.50. The van der Waals surface area contributed by atoms with E-state index in [1.807, 2.05) is 0 Å². The first-order chi connectivity index (χ1) is 50.7. The monoisotopic (exact) mass is 1620 g/mol. The van der Waals surface area contributed by atoms with Crippen molar-refractivity contribution in [3.63, 3.8) is 0 Å². The molecule has 0 spiro atoms. The molecule has 7 aromatic rings. The molecule has 105 heavy (non-hydrogen) atoms. The number of anilines is 6. The Kier molecular flexibility index (Phi) is 33.2. The lowest BCUT2D eigenvalue weighted by Gasteiger charge is -2.33. The van der Waals surface area contributed by atoms with Crippen LogP contribution in [0.4, 0.5) is 34.4 Å². The predicted octanol–water partition coefficient (Wildman–Crippen LogP) is 25.1. The molecule has 564 valence electrons. The second kappa shape index (κ2) is 41.8. The SMILES string of the molecule is CCCCCCCCCCCC/C=C/CCC(Cl)CN(c1ccccc1N1C(=O)CCC1=O)c1[nH]n(-c2c(Cl)cc(Cl)cc2Cl)c(=O)c1C(c1ccc(Cl)cc1Cl)c1c(N(CC(Cl)CC/C=C/CCCCCCCCCCCC)c2ccccc2N2C(=O)CCC2=O)[nH]n(-c2c(Cl)cc(Cl)cc2Cl)c1=O. The summed E-state index contributed by atoms with van der Waals surface area (Å²) in [6, 6.07) is 23.9. The highest BCUT2D eigenvalue weighted by Gasteiger charge is 2.42. The van der Waals surface area contributed by atoms with Crippen molar-refractivity contribution < 1.29 is 19.2 Å². The minimum absolute atomic E-state index is 0.00569. The number of unbranched alkanes of at least 4 members (excludes halogenated alkanes) is 20. The van der Waals surface area contributed by atoms with Gasteiger partial charge in [-0.3, -0.25) is 39.0 Å². The molecule has 2 fully saturated rings. The van der Waals surface area contributed by atoms with Crippen molar-refractivity contribution in [3.8, 4) is 11.4 Å². The summed E-state index contributed by atoms with van der Waals surface area (Å²) < 4.78 is 2.27. The number of nitrogens with zero attached hydrogens (tertiary/aromatic N) is 6. The number of carbonyl (C=O) groups excluding carboxylic acids is 4. The molecule has 2 aliphatic heterocycles. The van der Waals surface area contributed by atoms with Gasteiger partial charge in [0.15, 0.2) is 0 Å². The highest BCUT2D eigenvalue weighted by molar-refractivity contribution is 6.41. The van der Waals surface area contributed by atoms with Gasteiger partial charge < -0.3 is 9.80 Å². The number of benzene rings is 5. The van der Waals surface area contributed by atoms with E-state index in [4.69, 9.17) is 116 Å². The van der Waals surface area contributed by atoms with E-state index in [1.54, 1.807) is 70.5 Å². The third-order valence-corrected chi connectivity index (χ3v) is 22.2. The van der Waals surface area contributed by atoms with E-state index in [2.05, 4.69) is 48.3 Å². The predicted molar refractivity (Wildman–Crippen MR) is 440 cm³/mol. The lowest BCUT2D eigenvalue weighted by atomic mass is 9.86. The van der Waals surface area contributed by atoms with Crippen molar-refractivity contribution in [2.45, 2.75) is 223 Å². The van der Waals surface area contributed by atoms with Crippen LogP contribution in [0.25, 0.3) is 11.4 Å². The number of hydrogen-bond donors (Lipinski definition) is 2. The molecule has 5 aromatic carbocycles. The van der Waals surface area contributed by atoms with E-state index in [9.17, 15) is 19.2 Å². The fourth-order valence-corrected chi connectivity index (χ4v) is 17.0. The average Bonchev–Trinajstić information content (AvgIpc) is 1.58. The molecule has 0 aliphatic carbocycles. The number of para-hydroxylation sites is 4. The van der Waals surface area contributed by atoms with Crippen LogP contribution in [-0.2, 0) is 19.2 Å². The Morgan fingerprint density at radius 3 is 1.08 bits per heavy atom. The highest BCUT2D eigenvalue weighted by atomic mass is 35.5. The number of allylic oxidation sites excluding steroid dienone is 4. The summed E-state index contributed by atoms with van der Waals surface area (Å²) in [4.78, 5) is 95.8. The summed E-state index contributed by atoms with van der Waals surface area (Å²) in [6.45, 7) is 4.27. The van der Waals surface area contributed by atoms with Gasteiger partial charge in [0.25, 0.3) is 11.1 Å². The number of carbonyl (C=O) groups is 4. The lowest BCUT2D eigenvalue weighted by Crippen LogP contribution is -2.34. The molecule has 0 bridgehead atoms. The molecular weight excluding hydrogens is 1540 g/mol. The highest BCUT2D eigenvalue weighted by Crippen LogP contribution is 2.49. The number of nitrogens with one attached hydrogen (secondary N) is 2. The van der Waals surface area contributed by atoms with Crippen LogP contribution in [0.5, 0.6) is 0 Å². The smallest absolute Gasteiger partial charge is 0.277 e. The Hall–Kier alpha value is -5.62. The first kappa shape index (κ1) is 83.4. The van der Waals surface area contributed by atoms with Gasteiger partial charge in [-0.05, 0) is 118 Å². The number of alkyl halides is 2. The number of imide groups is 2. The van der Waals surface area contributed by atoms with Gasteiger partial charge in [-0.25, -0.2) is 19.2 Å². The fourth-order valence-electron chi connectivity index (χ4n) is 14.0. The Bertz CT molecular complexity index is 3980. The van der Waals surface area contributed by atoms with Gasteiger partial charge >= 0.3 is 0 Å². The van der Waals surface area contributed by atoms with E-state index in [1.165, 1.54) is 133 Å². The summed E-state index contributed by atoms with van der Waals surface area (Å²) in [5.41, 5.74) is -1.07. The van der Waals surface area contributed by atoms with Crippen LogP contribution in [0, 0.1) is 0 Å². The molecule has 2 N–H and O–H groups in total. The summed E-state index contributed by atoms with van der Waals surface area (Å²) >= 11 is 71.7. The van der Waals surface area contributed by atoms with Crippen LogP contribution < -0.4 is 30.7 Å². The molecule has 2 aromatic heterocycles. The molecule has 4 amide bonds. The fraction of sp³-hybridized carbons (Fsp3) is 0.457. The summed E-state index contributed by atoms with van der Waals surface area (Å²) in [5, 5.41) is 5.62. The number of hydrogen-bond acceptors (Lipinski definition) is 8. The van der Waals surface area contributed by atoms with E-state index >= 15 is 9.59 Å². The summed E-state index contributed by atoms with van der Waals surface area (Å²) in [7, 11) is 0. The maximum Gasteiger partial charge on any atom is 0.277 e. The topological polar surface area (TPSA) is 157 Å². The molecule has 24 heteroatoms. The van der Waals surface area contributed by atoms with E-state index in [0.717, 1.165) is 57.7 Å². The summed E-state index contributed by atoms with van der Waals surface area (Å²) in [6.07, 6.45) is 36.8. The number of H-pyrrole nitrogens is 2. The van der Waals surface area contributed by atoms with Gasteiger partial charge in [0.05, 0.1) is 70.6 Å². The van der Waals surface area contributed by atoms with Crippen molar-refractivity contribution in [1.82, 2.24) is 19.6 Å². The Morgan fingerprint density at radius 1 is 0.400 bits per heavy atom. The number of aromatic nitrogens is 4. The first-order valence-corrected chi connectivity index (χ1v) is 41.1. The van der Waals surface area contributed by atoms with Crippen LogP contribution in [0.15, 0.2) is 125 Å². The van der Waals surface area contributed by atoms with E-state index in [-0.39, 0.29) is 141 Å². The van der Waals surface area contributed by atoms with Crippen molar-refractivity contribution in [3.05, 3.63) is 193 Å². The Labute approximate surface area is 667 Å². The van der Waals surface area contributed by atoms with Crippen LogP contribution in [0.1, 0.15) is 229 Å². The molecule has 0 radical (unpaired) electrons. The number of amides is 4. The standard InChI is InChI=1S/C81H94Cl10N8O6/c1-3-5-7-9-11-13-15-17-19-21-23-25-27-29-35-55(83)52-94(65-37-31-33-39-67(65)96-69(100)43-44-70(96)101)78-74(80(104)98(92-78)76-61(88)48-57(85)49-62(76)89)73(59-42-41-54(82)47-60(59)87)75-79(93-99(81(75)105)77-63(90)50-58(86)51-64(77)91)95(66-38-32-34-40-68(66)97-71(102)45-46-72(97)103)53-56(84)36-30-28-26-24-22-20-18-16-14-12-10-8-6-4-2/h25-28,31-34,37-42,47-51,55-56,73,92-93H,3-24,29-30,35-36,43-46,52-53H2,1-2H3/b27-25+,28-26+. The van der Waals surface area contributed by atoms with Crippen LogP contribution in [0.3, 0.4) is 0 Å². The van der Waals surface area contributed by atoms with Crippen LogP contribution >= 0.6 is 116 Å². The quantitative estimate of drug-likeness (QED) is 0.0166. The maximum absolute atomic E-state index is 16.9. The first-order valence-electron chi connectivity index (χ1n) is 37.2. The average molecular weight is 1630 g/mol. The zero-order chi connectivity index (χ0) is 75.1. The van der Waals surface area contributed by atoms with Crippen molar-refractivity contribution >= 4 is 174 Å². The largest absolute Gasteiger partial charge is 0.323 e. The van der Waals surface area contributed by atoms with Gasteiger partial charge in [-0.15, -0.1) is 23.2 Å².